The highest BCUT2D eigenvalue weighted by molar-refractivity contribution is 5.91. The maximum Gasteiger partial charge on any atom is 0.408 e. The van der Waals surface area contributed by atoms with Crippen molar-refractivity contribution in [1.82, 2.24) is 10.6 Å². The van der Waals surface area contributed by atoms with Gasteiger partial charge in [0.25, 0.3) is 0 Å². The molecule has 0 radical (unpaired) electrons. The van der Waals surface area contributed by atoms with Gasteiger partial charge in [-0.1, -0.05) is 44.2 Å². The largest absolute Gasteiger partial charge is 0.480 e. The van der Waals surface area contributed by atoms with Crippen LogP contribution < -0.4 is 10.6 Å². The van der Waals surface area contributed by atoms with Gasteiger partial charge < -0.3 is 25.2 Å². The summed E-state index contributed by atoms with van der Waals surface area (Å²) in [5.74, 6) is -2.91. The summed E-state index contributed by atoms with van der Waals surface area (Å²) in [4.78, 5) is 47.8. The van der Waals surface area contributed by atoms with Crippen molar-refractivity contribution >= 4 is 23.9 Å². The SMILES string of the molecule is COC(=O)CC[C@@](C)(NC(=O)[C@@H](NC(=O)OCc1ccccc1)C(C)C)C(=O)O. The Hall–Kier alpha value is -3.10. The van der Waals surface area contributed by atoms with E-state index in [-0.39, 0.29) is 25.4 Å². The summed E-state index contributed by atoms with van der Waals surface area (Å²) in [6.45, 7) is 4.73. The number of carboxylic acid groups (broad SMARTS) is 1. The molecule has 1 aromatic carbocycles. The molecule has 0 spiro atoms. The summed E-state index contributed by atoms with van der Waals surface area (Å²) < 4.78 is 9.64. The highest BCUT2D eigenvalue weighted by atomic mass is 16.5. The fourth-order valence-electron chi connectivity index (χ4n) is 2.45. The molecule has 2 amide bonds. The summed E-state index contributed by atoms with van der Waals surface area (Å²) in [5.41, 5.74) is -0.914. The first kappa shape index (κ1) is 23.9. The average molecular weight is 408 g/mol. The first-order chi connectivity index (χ1) is 13.6. The van der Waals surface area contributed by atoms with E-state index in [1.165, 1.54) is 14.0 Å². The molecule has 0 heterocycles. The first-order valence-electron chi connectivity index (χ1n) is 9.18. The predicted molar refractivity (Wildman–Crippen MR) is 104 cm³/mol. The van der Waals surface area contributed by atoms with Crippen molar-refractivity contribution in [2.24, 2.45) is 5.92 Å². The second kappa shape index (κ2) is 11.0. The Morgan fingerprint density at radius 2 is 1.76 bits per heavy atom. The van der Waals surface area contributed by atoms with Gasteiger partial charge >= 0.3 is 18.0 Å². The highest BCUT2D eigenvalue weighted by Crippen LogP contribution is 2.15. The first-order valence-corrected chi connectivity index (χ1v) is 9.18. The second-order valence-electron chi connectivity index (χ2n) is 7.13. The van der Waals surface area contributed by atoms with Crippen molar-refractivity contribution < 1.29 is 33.8 Å². The van der Waals surface area contributed by atoms with E-state index < -0.39 is 35.5 Å². The monoisotopic (exact) mass is 408 g/mol. The highest BCUT2D eigenvalue weighted by Gasteiger charge is 2.38. The minimum atomic E-state index is -1.70. The molecule has 9 heteroatoms. The lowest BCUT2D eigenvalue weighted by atomic mass is 9.94. The third-order valence-corrected chi connectivity index (χ3v) is 4.36. The standard InChI is InChI=1S/C20H28N2O7/c1-13(2)16(21-19(27)29-12-14-8-6-5-7-9-14)17(24)22-20(3,18(25)26)11-10-15(23)28-4/h5-9,13,16H,10-12H2,1-4H3,(H,21,27)(H,22,24)(H,25,26)/t16-,20+/m0/s1. The number of benzene rings is 1. The van der Waals surface area contributed by atoms with Crippen LogP contribution >= 0.6 is 0 Å². The maximum atomic E-state index is 12.7. The summed E-state index contributed by atoms with van der Waals surface area (Å²) >= 11 is 0. The van der Waals surface area contributed by atoms with Crippen molar-refractivity contribution in [2.75, 3.05) is 7.11 Å². The average Bonchev–Trinajstić information content (AvgIpc) is 2.68. The maximum absolute atomic E-state index is 12.7. The van der Waals surface area contributed by atoms with Crippen LogP contribution in [0.2, 0.25) is 0 Å². The van der Waals surface area contributed by atoms with E-state index in [2.05, 4.69) is 15.4 Å². The van der Waals surface area contributed by atoms with E-state index in [4.69, 9.17) is 4.74 Å². The molecule has 160 valence electrons. The number of hydrogen-bond acceptors (Lipinski definition) is 6. The van der Waals surface area contributed by atoms with Crippen molar-refractivity contribution in [1.29, 1.82) is 0 Å². The van der Waals surface area contributed by atoms with Gasteiger partial charge in [0.15, 0.2) is 0 Å². The molecule has 0 fully saturated rings. The number of esters is 1. The normalized spacial score (nSPS) is 13.7. The number of hydrogen-bond donors (Lipinski definition) is 3. The van der Waals surface area contributed by atoms with Crippen LogP contribution in [0.15, 0.2) is 30.3 Å². The van der Waals surface area contributed by atoms with Gasteiger partial charge in [-0.15, -0.1) is 0 Å². The number of amides is 2. The van der Waals surface area contributed by atoms with Gasteiger partial charge in [0.1, 0.15) is 18.2 Å². The Kier molecular flexibility index (Phi) is 9.11. The van der Waals surface area contributed by atoms with Gasteiger partial charge in [-0.25, -0.2) is 9.59 Å². The number of alkyl carbamates (subject to hydrolysis) is 1. The van der Waals surface area contributed by atoms with Crippen LogP contribution in [0.3, 0.4) is 0 Å². The van der Waals surface area contributed by atoms with Gasteiger partial charge in [-0.3, -0.25) is 9.59 Å². The number of rotatable bonds is 10. The lowest BCUT2D eigenvalue weighted by Crippen LogP contribution is -2.59. The van der Waals surface area contributed by atoms with E-state index in [1.54, 1.807) is 26.0 Å². The Balaban J connectivity index is 2.75. The smallest absolute Gasteiger partial charge is 0.408 e. The molecule has 0 bridgehead atoms. The Bertz CT molecular complexity index is 721. The van der Waals surface area contributed by atoms with Gasteiger partial charge in [0.05, 0.1) is 7.11 Å². The number of carboxylic acids is 1. The fourth-order valence-corrected chi connectivity index (χ4v) is 2.45. The molecule has 3 N–H and O–H groups in total. The van der Waals surface area contributed by atoms with Gasteiger partial charge in [-0.05, 0) is 24.8 Å². The Morgan fingerprint density at radius 3 is 2.28 bits per heavy atom. The minimum Gasteiger partial charge on any atom is -0.480 e. The zero-order valence-electron chi connectivity index (χ0n) is 17.1. The molecule has 0 unspecified atom stereocenters. The van der Waals surface area contributed by atoms with E-state index >= 15 is 0 Å². The van der Waals surface area contributed by atoms with Crippen molar-refractivity contribution in [3.05, 3.63) is 35.9 Å². The third-order valence-electron chi connectivity index (χ3n) is 4.36. The van der Waals surface area contributed by atoms with E-state index in [0.717, 1.165) is 5.56 Å². The number of nitrogens with one attached hydrogen (secondary N) is 2. The molecule has 2 atom stereocenters. The fraction of sp³-hybridized carbons (Fsp3) is 0.500. The van der Waals surface area contributed by atoms with Gasteiger partial charge in [0, 0.05) is 6.42 Å². The van der Waals surface area contributed by atoms with Crippen molar-refractivity contribution in [3.8, 4) is 0 Å². The second-order valence-corrected chi connectivity index (χ2v) is 7.13. The molecule has 29 heavy (non-hydrogen) atoms. The quantitative estimate of drug-likeness (QED) is 0.504. The van der Waals surface area contributed by atoms with Crippen LogP contribution in [0.5, 0.6) is 0 Å². The number of aliphatic carboxylic acids is 1. The topological polar surface area (TPSA) is 131 Å². The third kappa shape index (κ3) is 7.81. The summed E-state index contributed by atoms with van der Waals surface area (Å²) in [7, 11) is 1.19. The Morgan fingerprint density at radius 1 is 1.14 bits per heavy atom. The summed E-state index contributed by atoms with van der Waals surface area (Å²) in [6.07, 6.45) is -1.14. The van der Waals surface area contributed by atoms with Gasteiger partial charge in [-0.2, -0.15) is 0 Å². The van der Waals surface area contributed by atoms with Crippen LogP contribution in [0.25, 0.3) is 0 Å². The molecule has 0 saturated heterocycles. The van der Waals surface area contributed by atoms with E-state index in [0.29, 0.717) is 0 Å². The molecule has 0 saturated carbocycles. The molecule has 1 aromatic rings. The van der Waals surface area contributed by atoms with Gasteiger partial charge in [0.2, 0.25) is 5.91 Å². The van der Waals surface area contributed by atoms with E-state index in [1.807, 2.05) is 18.2 Å². The molecule has 9 nitrogen and oxygen atoms in total. The minimum absolute atomic E-state index is 0.0328. The molecule has 1 rings (SSSR count). The van der Waals surface area contributed by atoms with Crippen LogP contribution in [0.4, 0.5) is 4.79 Å². The lowest BCUT2D eigenvalue weighted by molar-refractivity contribution is -0.149. The van der Waals surface area contributed by atoms with Crippen molar-refractivity contribution in [3.63, 3.8) is 0 Å². The van der Waals surface area contributed by atoms with Crippen molar-refractivity contribution in [2.45, 2.75) is 51.8 Å². The van der Waals surface area contributed by atoms with Crippen LogP contribution in [0, 0.1) is 5.92 Å². The summed E-state index contributed by atoms with van der Waals surface area (Å²) in [5, 5.41) is 14.4. The summed E-state index contributed by atoms with van der Waals surface area (Å²) in [6, 6.07) is 8.01. The number of ether oxygens (including phenoxy) is 2. The van der Waals surface area contributed by atoms with Crippen LogP contribution in [-0.4, -0.2) is 47.7 Å². The van der Waals surface area contributed by atoms with E-state index in [9.17, 15) is 24.3 Å². The number of carbonyl (C=O) groups excluding carboxylic acids is 3. The molecule has 0 aromatic heterocycles. The Labute approximate surface area is 169 Å². The van der Waals surface area contributed by atoms with Crippen LogP contribution in [-0.2, 0) is 30.5 Å². The molecular formula is C20H28N2O7. The molecular weight excluding hydrogens is 380 g/mol. The number of methoxy groups -OCH3 is 1. The van der Waals surface area contributed by atoms with Crippen LogP contribution in [0.1, 0.15) is 39.2 Å². The lowest BCUT2D eigenvalue weighted by Gasteiger charge is -2.29. The zero-order chi connectivity index (χ0) is 22.0. The zero-order valence-corrected chi connectivity index (χ0v) is 17.1. The predicted octanol–water partition coefficient (Wildman–Crippen LogP) is 1.85. The molecule has 0 aliphatic heterocycles. The molecule has 0 aliphatic carbocycles. The molecule has 0 aliphatic rings. The number of carbonyl (C=O) groups is 4.